The zero-order chi connectivity index (χ0) is 32.3. The van der Waals surface area contributed by atoms with Crippen molar-refractivity contribution >= 4 is 28.6 Å². The summed E-state index contributed by atoms with van der Waals surface area (Å²) in [5.74, 6) is -1.05. The fraction of sp³-hybridized carbons (Fsp3) is 0.514. The second kappa shape index (κ2) is 20.3. The van der Waals surface area contributed by atoms with Crippen molar-refractivity contribution < 1.29 is 14.4 Å². The number of nitrogens with one attached hydrogen (secondary N) is 2. The van der Waals surface area contributed by atoms with Gasteiger partial charge in [-0.3, -0.25) is 14.4 Å². The quantitative estimate of drug-likeness (QED) is 0.122. The van der Waals surface area contributed by atoms with Gasteiger partial charge in [0.15, 0.2) is 0 Å². The van der Waals surface area contributed by atoms with Crippen LogP contribution in [0.25, 0.3) is 10.9 Å². The maximum absolute atomic E-state index is 13.4. The van der Waals surface area contributed by atoms with Crippen LogP contribution in [-0.2, 0) is 20.8 Å². The van der Waals surface area contributed by atoms with E-state index in [1.165, 1.54) is 21.6 Å². The fourth-order valence-corrected chi connectivity index (χ4v) is 4.95. The van der Waals surface area contributed by atoms with Gasteiger partial charge in [-0.15, -0.1) is 0 Å². The number of hydrogen-bond donors (Lipinski definition) is 4. The van der Waals surface area contributed by atoms with E-state index < -0.39 is 5.91 Å². The fourth-order valence-electron chi connectivity index (χ4n) is 4.95. The second-order valence-corrected chi connectivity index (χ2v) is 11.8. The van der Waals surface area contributed by atoms with Gasteiger partial charge in [-0.1, -0.05) is 53.1 Å². The number of H-pyrrole nitrogens is 1. The molecule has 1 heterocycles. The van der Waals surface area contributed by atoms with Crippen molar-refractivity contribution in [2.75, 3.05) is 45.8 Å². The van der Waals surface area contributed by atoms with Crippen LogP contribution in [-0.4, -0.2) is 78.3 Å². The molecular weight excluding hydrogens is 552 g/mol. The molecule has 44 heavy (non-hydrogen) atoms. The van der Waals surface area contributed by atoms with Crippen molar-refractivity contribution in [2.24, 2.45) is 11.5 Å². The van der Waals surface area contributed by atoms with E-state index in [0.29, 0.717) is 39.0 Å². The molecule has 3 amide bonds. The van der Waals surface area contributed by atoms with Crippen molar-refractivity contribution in [3.8, 4) is 0 Å². The number of primary amides is 1. The molecule has 9 heteroatoms. The van der Waals surface area contributed by atoms with Crippen LogP contribution in [0, 0.1) is 0 Å². The lowest BCUT2D eigenvalue weighted by atomic mass is 10.1. The first kappa shape index (κ1) is 36.5. The molecule has 0 unspecified atom stereocenters. The summed E-state index contributed by atoms with van der Waals surface area (Å²) in [7, 11) is 0. The van der Waals surface area contributed by atoms with Crippen molar-refractivity contribution in [1.82, 2.24) is 20.1 Å². The van der Waals surface area contributed by atoms with Crippen molar-refractivity contribution in [3.63, 3.8) is 0 Å². The van der Waals surface area contributed by atoms with Gasteiger partial charge in [0.25, 0.3) is 0 Å². The maximum Gasteiger partial charge on any atom is 0.242 e. The Morgan fingerprint density at radius 1 is 0.864 bits per heavy atom. The number of carbonyl (C=O) groups excluding carboxylic acids is 3. The standard InChI is InChI=1S/C35H54N6O3/c1-27(2)11-9-12-28(3)13-10-14-29(4)17-20-38-24-34(43)40(21-8-7-19-36)26-35(44)41(25-33(37)42)22-18-30-23-39-32-16-6-5-15-31(30)32/h5-6,11,13,15-17,23,38-39H,7-10,12,14,18-22,24-26,36H2,1-4H3,(H2,37,42)/b28-13+,29-17+. The van der Waals surface area contributed by atoms with Gasteiger partial charge >= 0.3 is 0 Å². The maximum atomic E-state index is 13.4. The topological polar surface area (TPSA) is 138 Å². The summed E-state index contributed by atoms with van der Waals surface area (Å²) >= 11 is 0. The summed E-state index contributed by atoms with van der Waals surface area (Å²) in [5, 5.41) is 4.28. The molecule has 0 aliphatic carbocycles. The minimum absolute atomic E-state index is 0.111. The number of nitrogens with two attached hydrogens (primary N) is 2. The van der Waals surface area contributed by atoms with Gasteiger partial charge in [0.05, 0.1) is 19.6 Å². The van der Waals surface area contributed by atoms with E-state index in [2.05, 4.69) is 56.2 Å². The Kier molecular flexibility index (Phi) is 16.8. The van der Waals surface area contributed by atoms with Crippen LogP contribution in [0.5, 0.6) is 0 Å². The third-order valence-electron chi connectivity index (χ3n) is 7.58. The number of nitrogens with zero attached hydrogens (tertiary/aromatic N) is 2. The first-order chi connectivity index (χ1) is 21.1. The van der Waals surface area contributed by atoms with Gasteiger partial charge < -0.3 is 31.6 Å². The van der Waals surface area contributed by atoms with Crippen LogP contribution >= 0.6 is 0 Å². The predicted octanol–water partition coefficient (Wildman–Crippen LogP) is 4.60. The van der Waals surface area contributed by atoms with E-state index in [4.69, 9.17) is 11.5 Å². The molecule has 2 rings (SSSR count). The molecule has 0 aliphatic heterocycles. The smallest absolute Gasteiger partial charge is 0.242 e. The van der Waals surface area contributed by atoms with Gasteiger partial charge in [-0.25, -0.2) is 0 Å². The molecular formula is C35H54N6O3. The first-order valence-corrected chi connectivity index (χ1v) is 15.8. The number of benzene rings is 1. The monoisotopic (exact) mass is 606 g/mol. The molecule has 0 aliphatic rings. The minimum Gasteiger partial charge on any atom is -0.368 e. The summed E-state index contributed by atoms with van der Waals surface area (Å²) in [4.78, 5) is 44.6. The number of unbranched alkanes of at least 4 members (excludes halogenated alkanes) is 1. The van der Waals surface area contributed by atoms with Crippen LogP contribution < -0.4 is 16.8 Å². The Balaban J connectivity index is 1.90. The number of aromatic amines is 1. The molecule has 0 fully saturated rings. The molecule has 6 N–H and O–H groups in total. The van der Waals surface area contributed by atoms with Gasteiger partial charge in [0.2, 0.25) is 17.7 Å². The van der Waals surface area contributed by atoms with Crippen LogP contribution in [0.2, 0.25) is 0 Å². The predicted molar refractivity (Wildman–Crippen MR) is 181 cm³/mol. The highest BCUT2D eigenvalue weighted by Crippen LogP contribution is 2.18. The number of hydrogen-bond acceptors (Lipinski definition) is 5. The number of allylic oxidation sites excluding steroid dienone is 5. The third kappa shape index (κ3) is 14.2. The number of amides is 3. The zero-order valence-electron chi connectivity index (χ0n) is 27.3. The van der Waals surface area contributed by atoms with E-state index >= 15 is 0 Å². The van der Waals surface area contributed by atoms with E-state index in [1.807, 2.05) is 30.5 Å². The lowest BCUT2D eigenvalue weighted by Gasteiger charge is -2.27. The molecule has 0 atom stereocenters. The summed E-state index contributed by atoms with van der Waals surface area (Å²) in [6.07, 6.45) is 14.8. The van der Waals surface area contributed by atoms with E-state index in [1.54, 1.807) is 4.90 Å². The molecule has 2 aromatic rings. The molecule has 0 bridgehead atoms. The SMILES string of the molecule is CC(C)=CCC/C(C)=C/CC/C(C)=C/CNCC(=O)N(CCCCN)CC(=O)N(CCc1c[nH]c2ccccc12)CC(N)=O. The number of rotatable bonds is 21. The number of fused-ring (bicyclic) bond motifs is 1. The third-order valence-corrected chi connectivity index (χ3v) is 7.58. The highest BCUT2D eigenvalue weighted by atomic mass is 16.2. The highest BCUT2D eigenvalue weighted by Gasteiger charge is 2.22. The highest BCUT2D eigenvalue weighted by molar-refractivity contribution is 5.88. The number of aromatic nitrogens is 1. The number of para-hydroxylation sites is 1. The molecule has 1 aromatic heterocycles. The normalized spacial score (nSPS) is 11.9. The Hall–Kier alpha value is -3.69. The largest absolute Gasteiger partial charge is 0.368 e. The Morgan fingerprint density at radius 3 is 2.25 bits per heavy atom. The lowest BCUT2D eigenvalue weighted by molar-refractivity contribution is -0.141. The van der Waals surface area contributed by atoms with Crippen molar-refractivity contribution in [3.05, 3.63) is 71.0 Å². The lowest BCUT2D eigenvalue weighted by Crippen LogP contribution is -2.48. The number of carbonyl (C=O) groups is 3. The van der Waals surface area contributed by atoms with Gasteiger partial charge in [0, 0.05) is 36.7 Å². The average Bonchev–Trinajstić information content (AvgIpc) is 3.39. The van der Waals surface area contributed by atoms with Gasteiger partial charge in [0.1, 0.15) is 0 Å². The Bertz CT molecular complexity index is 1290. The van der Waals surface area contributed by atoms with E-state index in [0.717, 1.165) is 48.6 Å². The Labute approximate surface area is 263 Å². The van der Waals surface area contributed by atoms with Crippen LogP contribution in [0.15, 0.2) is 65.4 Å². The van der Waals surface area contributed by atoms with Crippen molar-refractivity contribution in [2.45, 2.75) is 72.6 Å². The second-order valence-electron chi connectivity index (χ2n) is 11.8. The van der Waals surface area contributed by atoms with Crippen LogP contribution in [0.3, 0.4) is 0 Å². The minimum atomic E-state index is -0.587. The average molecular weight is 607 g/mol. The summed E-state index contributed by atoms with van der Waals surface area (Å²) in [5.41, 5.74) is 17.3. The summed E-state index contributed by atoms with van der Waals surface area (Å²) in [6, 6.07) is 7.95. The molecule has 0 saturated carbocycles. The van der Waals surface area contributed by atoms with E-state index in [-0.39, 0.29) is 31.4 Å². The molecule has 9 nitrogen and oxygen atoms in total. The molecule has 242 valence electrons. The van der Waals surface area contributed by atoms with Gasteiger partial charge in [-0.2, -0.15) is 0 Å². The Morgan fingerprint density at radius 2 is 1.55 bits per heavy atom. The van der Waals surface area contributed by atoms with Crippen LogP contribution in [0.4, 0.5) is 0 Å². The molecule has 1 aromatic carbocycles. The molecule has 0 saturated heterocycles. The first-order valence-electron chi connectivity index (χ1n) is 15.8. The van der Waals surface area contributed by atoms with E-state index in [9.17, 15) is 14.4 Å². The molecule has 0 radical (unpaired) electrons. The summed E-state index contributed by atoms with van der Waals surface area (Å²) < 4.78 is 0. The van der Waals surface area contributed by atoms with Gasteiger partial charge in [-0.05, 0) is 90.8 Å². The summed E-state index contributed by atoms with van der Waals surface area (Å²) in [6.45, 7) is 10.2. The van der Waals surface area contributed by atoms with Crippen molar-refractivity contribution in [1.29, 1.82) is 0 Å². The van der Waals surface area contributed by atoms with Crippen LogP contribution in [0.1, 0.15) is 71.8 Å². The molecule has 0 spiro atoms. The zero-order valence-corrected chi connectivity index (χ0v) is 27.3.